The molecule has 0 fully saturated rings. The van der Waals surface area contributed by atoms with Crippen molar-refractivity contribution >= 4 is 34.1 Å². The average Bonchev–Trinajstić information content (AvgIpc) is 3.47. The Hall–Kier alpha value is -5.52. The largest absolute Gasteiger partial charge is 0.506 e. The zero-order valence-corrected chi connectivity index (χ0v) is 19.2. The monoisotopic (exact) mass is 498 g/mol. The summed E-state index contributed by atoms with van der Waals surface area (Å²) in [6.07, 6.45) is 0. The van der Waals surface area contributed by atoms with Gasteiger partial charge in [0.1, 0.15) is 11.5 Å². The van der Waals surface area contributed by atoms with Gasteiger partial charge < -0.3 is 15.2 Å². The standard InChI is InChI=1S/C25H18N6O6/c1-37-16-10-8-13(9-11-16)21-20-22(28-27-21)17-6-3-7-18(19(17)23(20)32)26-25(34)30-29-24(33)14-4-2-5-15(12-14)31(35)36/h2-12,27-28,32H,1H3,(H,26,34). The van der Waals surface area contributed by atoms with Crippen LogP contribution >= 0.6 is 0 Å². The lowest BCUT2D eigenvalue weighted by molar-refractivity contribution is -0.384. The van der Waals surface area contributed by atoms with Gasteiger partial charge in [-0.05, 0) is 36.4 Å². The molecule has 0 saturated heterocycles. The number of hydrogen-bond donors (Lipinski definition) is 4. The number of aromatic hydroxyl groups is 1. The fourth-order valence-electron chi connectivity index (χ4n) is 4.07. The maximum absolute atomic E-state index is 12.4. The van der Waals surface area contributed by atoms with Crippen molar-refractivity contribution in [2.75, 3.05) is 12.4 Å². The summed E-state index contributed by atoms with van der Waals surface area (Å²) in [7, 11) is 1.57. The number of H-pyrrole nitrogens is 2. The minimum atomic E-state index is -0.961. The molecule has 1 aliphatic heterocycles. The van der Waals surface area contributed by atoms with Crippen molar-refractivity contribution < 1.29 is 24.4 Å². The Morgan fingerprint density at radius 2 is 1.73 bits per heavy atom. The number of fused-ring (bicyclic) bond motifs is 3. The third-order valence-electron chi connectivity index (χ3n) is 5.78. The number of ether oxygens (including phenoxy) is 1. The molecule has 0 saturated carbocycles. The molecule has 0 aromatic heterocycles. The Kier molecular flexibility index (Phi) is 5.82. The predicted octanol–water partition coefficient (Wildman–Crippen LogP) is 5.71. The number of aromatic amines is 2. The Morgan fingerprint density at radius 1 is 1.00 bits per heavy atom. The Labute approximate surface area is 208 Å². The molecule has 12 nitrogen and oxygen atoms in total. The number of non-ortho nitro benzene ring substituents is 1. The zero-order chi connectivity index (χ0) is 26.1. The number of hydrogen-bond acceptors (Lipinski definition) is 6. The summed E-state index contributed by atoms with van der Waals surface area (Å²) in [5.74, 6) is -0.286. The maximum atomic E-state index is 12.4. The molecule has 1 aliphatic carbocycles. The van der Waals surface area contributed by atoms with Gasteiger partial charge in [-0.15, -0.1) is 5.11 Å². The van der Waals surface area contributed by atoms with Gasteiger partial charge in [0.15, 0.2) is 0 Å². The molecule has 3 aromatic carbocycles. The Balaban J connectivity index is 1.43. The van der Waals surface area contributed by atoms with Crippen molar-refractivity contribution in [1.29, 1.82) is 0 Å². The van der Waals surface area contributed by atoms with Crippen molar-refractivity contribution in [1.82, 2.24) is 10.2 Å². The Bertz CT molecular complexity index is 1670. The van der Waals surface area contributed by atoms with Crippen molar-refractivity contribution in [3.05, 3.63) is 82.4 Å². The first-order chi connectivity index (χ1) is 17.9. The molecule has 3 aromatic rings. The molecule has 3 amide bonds. The van der Waals surface area contributed by atoms with Gasteiger partial charge in [0.05, 0.1) is 45.6 Å². The van der Waals surface area contributed by atoms with Gasteiger partial charge in [-0.1, -0.05) is 23.3 Å². The molecule has 0 radical (unpaired) electrons. The number of urea groups is 1. The van der Waals surface area contributed by atoms with E-state index >= 15 is 0 Å². The van der Waals surface area contributed by atoms with Crippen molar-refractivity contribution in [2.45, 2.75) is 0 Å². The molecule has 0 atom stereocenters. The van der Waals surface area contributed by atoms with E-state index in [0.717, 1.165) is 11.6 Å². The van der Waals surface area contributed by atoms with Gasteiger partial charge >= 0.3 is 6.03 Å². The summed E-state index contributed by atoms with van der Waals surface area (Å²) >= 11 is 0. The summed E-state index contributed by atoms with van der Waals surface area (Å²) in [4.78, 5) is 34.9. The summed E-state index contributed by atoms with van der Waals surface area (Å²) in [5.41, 5.74) is 2.50. The highest BCUT2D eigenvalue weighted by atomic mass is 16.6. The predicted molar refractivity (Wildman–Crippen MR) is 134 cm³/mol. The summed E-state index contributed by atoms with van der Waals surface area (Å²) in [6, 6.07) is 16.3. The second-order valence-electron chi connectivity index (χ2n) is 7.92. The van der Waals surface area contributed by atoms with Crippen LogP contribution in [0.2, 0.25) is 0 Å². The first-order valence-electron chi connectivity index (χ1n) is 10.9. The second kappa shape index (κ2) is 9.26. The highest BCUT2D eigenvalue weighted by molar-refractivity contribution is 6.16. The van der Waals surface area contributed by atoms with Gasteiger partial charge in [0, 0.05) is 23.1 Å². The van der Waals surface area contributed by atoms with Crippen LogP contribution in [0.4, 0.5) is 16.2 Å². The van der Waals surface area contributed by atoms with Crippen LogP contribution in [-0.4, -0.2) is 39.3 Å². The minimum absolute atomic E-state index is 0.0613. The topological polar surface area (TPSA) is 175 Å². The van der Waals surface area contributed by atoms with Crippen LogP contribution in [0.25, 0.3) is 33.3 Å². The van der Waals surface area contributed by atoms with E-state index in [4.69, 9.17) is 4.74 Å². The highest BCUT2D eigenvalue weighted by Crippen LogP contribution is 2.49. The number of methoxy groups -OCH3 is 1. The maximum Gasteiger partial charge on any atom is 0.364 e. The lowest BCUT2D eigenvalue weighted by Crippen LogP contribution is -2.07. The summed E-state index contributed by atoms with van der Waals surface area (Å²) < 4.78 is 5.20. The fraction of sp³-hybridized carbons (Fsp3) is 0.0400. The molecule has 4 N–H and O–H groups in total. The third-order valence-corrected chi connectivity index (χ3v) is 5.78. The summed E-state index contributed by atoms with van der Waals surface area (Å²) in [5, 5.41) is 38.5. The number of anilines is 1. The molecular weight excluding hydrogens is 480 g/mol. The van der Waals surface area contributed by atoms with Gasteiger partial charge in [0.2, 0.25) is 0 Å². The number of nitrogens with zero attached hydrogens (tertiary/aromatic N) is 3. The van der Waals surface area contributed by atoms with Crippen molar-refractivity contribution in [3.63, 3.8) is 0 Å². The highest BCUT2D eigenvalue weighted by Gasteiger charge is 2.26. The Morgan fingerprint density at radius 3 is 2.46 bits per heavy atom. The minimum Gasteiger partial charge on any atom is -0.506 e. The normalized spacial score (nSPS) is 11.3. The number of nitrogens with one attached hydrogen (secondary N) is 3. The summed E-state index contributed by atoms with van der Waals surface area (Å²) in [6.45, 7) is 0. The van der Waals surface area contributed by atoms with Crippen LogP contribution in [0, 0.1) is 10.1 Å². The lowest BCUT2D eigenvalue weighted by Gasteiger charge is -2.05. The number of nitro groups is 1. The van der Waals surface area contributed by atoms with Gasteiger partial charge in [0.25, 0.3) is 11.6 Å². The number of aromatic nitrogens is 2. The SMILES string of the molecule is COc1ccc(-c2[nH][nH]c3c4cccc(NC(=O)N=NC(=O)c5cccc([N+](=O)[O-])c5)c4c(O)c2-3)cc1. The molecule has 2 aliphatic rings. The van der Waals surface area contributed by atoms with E-state index in [-0.39, 0.29) is 22.7 Å². The van der Waals surface area contributed by atoms with Crippen LogP contribution < -0.4 is 10.1 Å². The lowest BCUT2D eigenvalue weighted by atomic mass is 10.1. The molecule has 0 unspecified atom stereocenters. The molecule has 5 rings (SSSR count). The molecule has 1 heterocycles. The van der Waals surface area contributed by atoms with Gasteiger partial charge in [-0.3, -0.25) is 25.1 Å². The van der Waals surface area contributed by atoms with E-state index < -0.39 is 16.9 Å². The van der Waals surface area contributed by atoms with E-state index in [1.807, 2.05) is 12.1 Å². The van der Waals surface area contributed by atoms with E-state index in [1.54, 1.807) is 37.4 Å². The molecule has 12 heteroatoms. The van der Waals surface area contributed by atoms with E-state index in [0.29, 0.717) is 33.5 Å². The number of nitro benzene ring substituents is 1. The number of azo groups is 1. The quantitative estimate of drug-likeness (QED) is 0.137. The van der Waals surface area contributed by atoms with Crippen LogP contribution in [-0.2, 0) is 0 Å². The zero-order valence-electron chi connectivity index (χ0n) is 19.2. The fourth-order valence-corrected chi connectivity index (χ4v) is 4.07. The number of rotatable bonds is 5. The molecule has 184 valence electrons. The third kappa shape index (κ3) is 4.23. The van der Waals surface area contributed by atoms with Crippen LogP contribution in [0.1, 0.15) is 10.4 Å². The number of benzene rings is 3. The second-order valence-corrected chi connectivity index (χ2v) is 7.92. The van der Waals surface area contributed by atoms with Gasteiger partial charge in [-0.25, -0.2) is 4.79 Å². The van der Waals surface area contributed by atoms with E-state index in [2.05, 4.69) is 25.7 Å². The molecular formula is C25H18N6O6. The average molecular weight is 498 g/mol. The smallest absolute Gasteiger partial charge is 0.364 e. The van der Waals surface area contributed by atoms with Crippen LogP contribution in [0.5, 0.6) is 11.5 Å². The van der Waals surface area contributed by atoms with E-state index in [1.165, 1.54) is 18.2 Å². The molecule has 0 bridgehead atoms. The molecule has 37 heavy (non-hydrogen) atoms. The van der Waals surface area contributed by atoms with Gasteiger partial charge in [-0.2, -0.15) is 0 Å². The number of carbonyl (C=O) groups is 2. The van der Waals surface area contributed by atoms with E-state index in [9.17, 15) is 24.8 Å². The first-order valence-corrected chi connectivity index (χ1v) is 10.9. The van der Waals surface area contributed by atoms with Crippen molar-refractivity contribution in [2.24, 2.45) is 10.2 Å². The van der Waals surface area contributed by atoms with Crippen molar-refractivity contribution in [3.8, 4) is 34.0 Å². The first kappa shape index (κ1) is 23.2. The van der Waals surface area contributed by atoms with Crippen LogP contribution in [0.15, 0.2) is 77.0 Å². The number of amides is 3. The number of carbonyl (C=O) groups excluding carboxylic acids is 2. The molecule has 0 spiro atoms. The van der Waals surface area contributed by atoms with Crippen LogP contribution in [0.3, 0.4) is 0 Å².